The molecule has 1 aromatic heterocycles. The second-order valence-electron chi connectivity index (χ2n) is 3.81. The van der Waals surface area contributed by atoms with E-state index in [2.05, 4.69) is 15.3 Å². The summed E-state index contributed by atoms with van der Waals surface area (Å²) in [6, 6.07) is 0. The van der Waals surface area contributed by atoms with Crippen LogP contribution in [0, 0.1) is 0 Å². The van der Waals surface area contributed by atoms with Gasteiger partial charge >= 0.3 is 0 Å². The number of hydrogen-bond donors (Lipinski definition) is 3. The van der Waals surface area contributed by atoms with Crippen LogP contribution in [-0.4, -0.2) is 47.5 Å². The Morgan fingerprint density at radius 2 is 2.53 bits per heavy atom. The highest BCUT2D eigenvalue weighted by Crippen LogP contribution is 2.32. The molecule has 0 amide bonds. The third-order valence-corrected chi connectivity index (χ3v) is 2.73. The molecule has 1 aromatic rings. The third-order valence-electron chi connectivity index (χ3n) is 2.73. The van der Waals surface area contributed by atoms with Crippen LogP contribution in [-0.2, 0) is 9.47 Å². The zero-order chi connectivity index (χ0) is 11.8. The van der Waals surface area contributed by atoms with Crippen LogP contribution in [0.5, 0.6) is 0 Å². The SMILES string of the molecule is Nc1ncc2c(n1)N(C1CO[C@@H](CO)O1)CN2. The van der Waals surface area contributed by atoms with Gasteiger partial charge in [0.15, 0.2) is 18.3 Å². The van der Waals surface area contributed by atoms with Gasteiger partial charge in [-0.05, 0) is 0 Å². The lowest BCUT2D eigenvalue weighted by Gasteiger charge is -2.22. The fourth-order valence-corrected chi connectivity index (χ4v) is 1.92. The van der Waals surface area contributed by atoms with E-state index in [0.717, 1.165) is 5.69 Å². The minimum Gasteiger partial charge on any atom is -0.391 e. The van der Waals surface area contributed by atoms with Gasteiger partial charge in [-0.2, -0.15) is 4.98 Å². The van der Waals surface area contributed by atoms with E-state index in [1.807, 2.05) is 4.90 Å². The van der Waals surface area contributed by atoms with E-state index in [9.17, 15) is 0 Å². The van der Waals surface area contributed by atoms with Crippen LogP contribution in [0.2, 0.25) is 0 Å². The Hall–Kier alpha value is -1.64. The normalized spacial score (nSPS) is 27.0. The van der Waals surface area contributed by atoms with E-state index in [0.29, 0.717) is 19.1 Å². The predicted molar refractivity (Wildman–Crippen MR) is 59.1 cm³/mol. The van der Waals surface area contributed by atoms with Crippen molar-refractivity contribution in [3.05, 3.63) is 6.20 Å². The van der Waals surface area contributed by atoms with Crippen LogP contribution in [0.25, 0.3) is 0 Å². The summed E-state index contributed by atoms with van der Waals surface area (Å²) in [5, 5.41) is 12.1. The van der Waals surface area contributed by atoms with Crippen molar-refractivity contribution in [2.24, 2.45) is 0 Å². The fraction of sp³-hybridized carbons (Fsp3) is 0.556. The lowest BCUT2D eigenvalue weighted by Crippen LogP contribution is -2.37. The molecule has 0 spiro atoms. The van der Waals surface area contributed by atoms with Gasteiger partial charge in [0.05, 0.1) is 31.8 Å². The van der Waals surface area contributed by atoms with Crippen molar-refractivity contribution in [2.75, 3.05) is 35.8 Å². The molecule has 4 N–H and O–H groups in total. The van der Waals surface area contributed by atoms with Gasteiger partial charge in [-0.1, -0.05) is 0 Å². The second-order valence-corrected chi connectivity index (χ2v) is 3.81. The first-order chi connectivity index (χ1) is 8.28. The topological polar surface area (TPSA) is 106 Å². The molecule has 1 fully saturated rings. The highest BCUT2D eigenvalue weighted by Gasteiger charge is 2.35. The van der Waals surface area contributed by atoms with Crippen molar-refractivity contribution in [1.82, 2.24) is 9.97 Å². The van der Waals surface area contributed by atoms with E-state index >= 15 is 0 Å². The van der Waals surface area contributed by atoms with Crippen molar-refractivity contribution >= 4 is 17.5 Å². The first-order valence-electron chi connectivity index (χ1n) is 5.29. The van der Waals surface area contributed by atoms with Crippen molar-refractivity contribution in [3.63, 3.8) is 0 Å². The highest BCUT2D eigenvalue weighted by atomic mass is 16.7. The van der Waals surface area contributed by atoms with Gasteiger partial charge < -0.3 is 30.5 Å². The summed E-state index contributed by atoms with van der Waals surface area (Å²) in [5.41, 5.74) is 6.37. The average Bonchev–Trinajstić information content (AvgIpc) is 2.93. The number of aliphatic hydroxyl groups is 1. The monoisotopic (exact) mass is 239 g/mol. The Labute approximate surface area is 97.4 Å². The average molecular weight is 239 g/mol. The van der Waals surface area contributed by atoms with E-state index in [1.165, 1.54) is 0 Å². The first kappa shape index (κ1) is 10.5. The number of nitrogen functional groups attached to an aromatic ring is 1. The van der Waals surface area contributed by atoms with Crippen LogP contribution in [0.4, 0.5) is 17.5 Å². The molecule has 0 radical (unpaired) electrons. The molecular formula is C9H13N5O3. The molecule has 2 aliphatic rings. The van der Waals surface area contributed by atoms with Crippen molar-refractivity contribution < 1.29 is 14.6 Å². The molecule has 1 unspecified atom stereocenters. The fourth-order valence-electron chi connectivity index (χ4n) is 1.92. The van der Waals surface area contributed by atoms with Gasteiger partial charge in [0.2, 0.25) is 5.95 Å². The Morgan fingerprint density at radius 3 is 3.29 bits per heavy atom. The molecule has 1 saturated heterocycles. The predicted octanol–water partition coefficient (Wildman–Crippen LogP) is -1.06. The summed E-state index contributed by atoms with van der Waals surface area (Å²) in [7, 11) is 0. The number of anilines is 3. The number of fused-ring (bicyclic) bond motifs is 1. The molecule has 0 saturated carbocycles. The Kier molecular flexibility index (Phi) is 2.46. The quantitative estimate of drug-likeness (QED) is 0.599. The Bertz CT molecular complexity index is 429. The third kappa shape index (κ3) is 1.75. The molecule has 3 rings (SSSR count). The summed E-state index contributed by atoms with van der Waals surface area (Å²) in [4.78, 5) is 9.96. The number of rotatable bonds is 2. The van der Waals surface area contributed by atoms with Gasteiger partial charge in [0.1, 0.15) is 0 Å². The number of nitrogens with one attached hydrogen (secondary N) is 1. The van der Waals surface area contributed by atoms with Crippen molar-refractivity contribution in [2.45, 2.75) is 12.5 Å². The molecule has 2 atom stereocenters. The summed E-state index contributed by atoms with van der Waals surface area (Å²) < 4.78 is 10.8. The molecule has 17 heavy (non-hydrogen) atoms. The zero-order valence-electron chi connectivity index (χ0n) is 9.04. The Balaban J connectivity index is 1.81. The minimum atomic E-state index is -0.566. The maximum absolute atomic E-state index is 8.94. The molecule has 92 valence electrons. The molecule has 0 aliphatic carbocycles. The van der Waals surface area contributed by atoms with Crippen molar-refractivity contribution in [1.29, 1.82) is 0 Å². The van der Waals surface area contributed by atoms with Crippen LogP contribution in [0.15, 0.2) is 6.20 Å². The molecule has 8 nitrogen and oxygen atoms in total. The molecular weight excluding hydrogens is 226 g/mol. The number of aromatic nitrogens is 2. The molecule has 3 heterocycles. The number of aliphatic hydroxyl groups excluding tert-OH is 1. The standard InChI is InChI=1S/C9H13N5O3/c10-9-11-1-5-8(13-9)14(4-12-5)6-3-16-7(2-15)17-6/h1,6-7,12,15H,2-4H2,(H2,10,11,13)/t6?,7-/m1/s1. The number of nitrogens with two attached hydrogens (primary N) is 1. The van der Waals surface area contributed by atoms with Gasteiger partial charge in [0.25, 0.3) is 0 Å². The summed E-state index contributed by atoms with van der Waals surface area (Å²) in [5.74, 6) is 0.916. The number of ether oxygens (including phenoxy) is 2. The number of nitrogens with zero attached hydrogens (tertiary/aromatic N) is 3. The van der Waals surface area contributed by atoms with Crippen LogP contribution < -0.4 is 16.0 Å². The van der Waals surface area contributed by atoms with Crippen LogP contribution in [0.3, 0.4) is 0 Å². The van der Waals surface area contributed by atoms with Gasteiger partial charge in [-0.3, -0.25) is 0 Å². The molecule has 0 bridgehead atoms. The van der Waals surface area contributed by atoms with E-state index in [-0.39, 0.29) is 18.8 Å². The van der Waals surface area contributed by atoms with Gasteiger partial charge in [0, 0.05) is 0 Å². The lowest BCUT2D eigenvalue weighted by molar-refractivity contribution is -0.0874. The summed E-state index contributed by atoms with van der Waals surface area (Å²) in [6.45, 7) is 0.784. The zero-order valence-corrected chi connectivity index (χ0v) is 9.04. The van der Waals surface area contributed by atoms with E-state index < -0.39 is 6.29 Å². The van der Waals surface area contributed by atoms with E-state index in [4.69, 9.17) is 20.3 Å². The van der Waals surface area contributed by atoms with Crippen LogP contribution in [0.1, 0.15) is 0 Å². The summed E-state index contributed by atoms with van der Waals surface area (Å²) in [6.07, 6.45) is 0.801. The lowest BCUT2D eigenvalue weighted by atomic mass is 10.4. The molecule has 8 heteroatoms. The maximum Gasteiger partial charge on any atom is 0.222 e. The van der Waals surface area contributed by atoms with Crippen molar-refractivity contribution in [3.8, 4) is 0 Å². The molecule has 0 aromatic carbocycles. The minimum absolute atomic E-state index is 0.156. The van der Waals surface area contributed by atoms with Gasteiger partial charge in [-0.15, -0.1) is 0 Å². The second kappa shape index (κ2) is 3.99. The van der Waals surface area contributed by atoms with E-state index in [1.54, 1.807) is 6.20 Å². The Morgan fingerprint density at radius 1 is 1.65 bits per heavy atom. The maximum atomic E-state index is 8.94. The largest absolute Gasteiger partial charge is 0.391 e. The summed E-state index contributed by atoms with van der Waals surface area (Å²) >= 11 is 0. The van der Waals surface area contributed by atoms with Crippen LogP contribution >= 0.6 is 0 Å². The molecule has 2 aliphatic heterocycles. The smallest absolute Gasteiger partial charge is 0.222 e. The number of hydrogen-bond acceptors (Lipinski definition) is 8. The van der Waals surface area contributed by atoms with Gasteiger partial charge in [-0.25, -0.2) is 4.98 Å². The highest BCUT2D eigenvalue weighted by molar-refractivity contribution is 5.71. The first-order valence-corrected chi connectivity index (χ1v) is 5.29.